The van der Waals surface area contributed by atoms with Crippen LogP contribution >= 0.6 is 0 Å². The summed E-state index contributed by atoms with van der Waals surface area (Å²) in [5.41, 5.74) is 7.55. The predicted molar refractivity (Wildman–Crippen MR) is 181 cm³/mol. The zero-order chi connectivity index (χ0) is 34.1. The minimum atomic E-state index is -0.535. The van der Waals surface area contributed by atoms with Gasteiger partial charge in [-0.2, -0.15) is 0 Å². The first-order valence-corrected chi connectivity index (χ1v) is 17.3. The number of unbranched alkanes of at least 4 members (excludes halogenated alkanes) is 1. The topological polar surface area (TPSA) is 139 Å². The number of carbonyl (C=O) groups is 2. The fourth-order valence-electron chi connectivity index (χ4n) is 6.79. The van der Waals surface area contributed by atoms with Crippen LogP contribution in [0.5, 0.6) is 0 Å². The fourth-order valence-corrected chi connectivity index (χ4v) is 6.79. The van der Waals surface area contributed by atoms with Gasteiger partial charge >= 0.3 is 0 Å². The number of aliphatic hydroxyl groups excluding tert-OH is 1. The minimum Gasteiger partial charge on any atom is -0.392 e. The molecule has 3 aromatic rings. The third-order valence-corrected chi connectivity index (χ3v) is 9.62. The van der Waals surface area contributed by atoms with Gasteiger partial charge in [0, 0.05) is 63.8 Å². The van der Waals surface area contributed by atoms with Gasteiger partial charge in [-0.05, 0) is 46.7 Å². The standard InChI is InChI=1S/C38H47N3O8/c42-26-27-8-10-30(11-9-27)34-23-33(25-41-18-16-38(17-19-41)46-20-21-47-38)48-37(49-34)31-14-12-29(13-15-31)32-5-3-4-28(22-32)24-39-35(43)6-1-2-7-36(44)40-45/h3-5,8-15,22,33-34,37,42,45H,1-2,6-7,16-21,23-26H2,(H,39,43)(H,40,44)/t33-,34+,37+/m1/s1. The Balaban J connectivity index is 1.08. The molecule has 3 atom stereocenters. The second kappa shape index (κ2) is 16.8. The minimum absolute atomic E-state index is 0.00296. The van der Waals surface area contributed by atoms with E-state index < -0.39 is 18.0 Å². The van der Waals surface area contributed by atoms with E-state index in [1.165, 1.54) is 0 Å². The number of ether oxygens (including phenoxy) is 4. The maximum atomic E-state index is 12.3. The maximum absolute atomic E-state index is 12.3. The summed E-state index contributed by atoms with van der Waals surface area (Å²) >= 11 is 0. The van der Waals surface area contributed by atoms with Crippen molar-refractivity contribution in [1.29, 1.82) is 0 Å². The Morgan fingerprint density at radius 3 is 2.20 bits per heavy atom. The molecule has 3 fully saturated rings. The van der Waals surface area contributed by atoms with Crippen LogP contribution in [0.1, 0.15) is 79.6 Å². The molecule has 0 saturated carbocycles. The largest absolute Gasteiger partial charge is 0.392 e. The number of hydroxylamine groups is 1. The molecule has 0 unspecified atom stereocenters. The highest BCUT2D eigenvalue weighted by atomic mass is 16.7. The first-order chi connectivity index (χ1) is 23.9. The molecule has 2 amide bonds. The average molecular weight is 674 g/mol. The highest BCUT2D eigenvalue weighted by Gasteiger charge is 2.41. The van der Waals surface area contributed by atoms with Gasteiger partial charge in [-0.3, -0.25) is 14.8 Å². The molecule has 0 bridgehead atoms. The Kier molecular flexibility index (Phi) is 12.1. The average Bonchev–Trinajstić information content (AvgIpc) is 3.61. The van der Waals surface area contributed by atoms with Crippen LogP contribution in [0.4, 0.5) is 0 Å². The molecule has 11 heteroatoms. The van der Waals surface area contributed by atoms with E-state index >= 15 is 0 Å². The third kappa shape index (κ3) is 9.52. The quantitative estimate of drug-likeness (QED) is 0.113. The fraction of sp³-hybridized carbons (Fsp3) is 0.474. The molecular formula is C38H47N3O8. The van der Waals surface area contributed by atoms with Crippen LogP contribution in [0.2, 0.25) is 0 Å². The van der Waals surface area contributed by atoms with Crippen molar-refractivity contribution in [3.63, 3.8) is 0 Å². The van der Waals surface area contributed by atoms with Crippen LogP contribution in [-0.4, -0.2) is 71.8 Å². The number of nitrogens with one attached hydrogen (secondary N) is 2. The molecular weight excluding hydrogens is 626 g/mol. The van der Waals surface area contributed by atoms with Gasteiger partial charge in [-0.15, -0.1) is 0 Å². The number of amides is 2. The second-order valence-electron chi connectivity index (χ2n) is 13.1. The molecule has 4 N–H and O–H groups in total. The van der Waals surface area contributed by atoms with Crippen LogP contribution in [0.25, 0.3) is 11.1 Å². The lowest BCUT2D eigenvalue weighted by atomic mass is 9.98. The summed E-state index contributed by atoms with van der Waals surface area (Å²) in [7, 11) is 0. The Morgan fingerprint density at radius 1 is 0.816 bits per heavy atom. The number of benzene rings is 3. The van der Waals surface area contributed by atoms with Crippen molar-refractivity contribution in [2.75, 3.05) is 32.8 Å². The zero-order valence-corrected chi connectivity index (χ0v) is 27.9. The number of aliphatic hydroxyl groups is 1. The monoisotopic (exact) mass is 673 g/mol. The van der Waals surface area contributed by atoms with Gasteiger partial charge in [-0.1, -0.05) is 66.7 Å². The van der Waals surface area contributed by atoms with Crippen molar-refractivity contribution in [2.24, 2.45) is 0 Å². The van der Waals surface area contributed by atoms with E-state index in [2.05, 4.69) is 40.5 Å². The summed E-state index contributed by atoms with van der Waals surface area (Å²) in [4.78, 5) is 25.9. The number of nitrogens with zero attached hydrogens (tertiary/aromatic N) is 1. The molecule has 0 aliphatic carbocycles. The number of likely N-dealkylation sites (tertiary alicyclic amines) is 1. The van der Waals surface area contributed by atoms with Crippen LogP contribution < -0.4 is 10.8 Å². The third-order valence-electron chi connectivity index (χ3n) is 9.62. The number of carbonyl (C=O) groups excluding carboxylic acids is 2. The van der Waals surface area contributed by atoms with Crippen LogP contribution in [-0.2, 0) is 41.7 Å². The van der Waals surface area contributed by atoms with Gasteiger partial charge in [0.2, 0.25) is 11.8 Å². The molecule has 11 nitrogen and oxygen atoms in total. The Morgan fingerprint density at radius 2 is 1.51 bits per heavy atom. The van der Waals surface area contributed by atoms with E-state index in [0.717, 1.165) is 72.3 Å². The van der Waals surface area contributed by atoms with Gasteiger partial charge in [0.15, 0.2) is 12.1 Å². The summed E-state index contributed by atoms with van der Waals surface area (Å²) in [5, 5.41) is 21.1. The lowest BCUT2D eigenvalue weighted by Crippen LogP contribution is -2.48. The molecule has 6 rings (SSSR count). The lowest BCUT2D eigenvalue weighted by Gasteiger charge is -2.41. The SMILES string of the molecule is O=C(CCCCC(=O)NCc1cccc(-c2ccc([C@H]3O[C@@H](CN4CCC5(CC4)OCCO5)C[C@@H](c4ccc(CO)cc4)O3)cc2)c1)NO. The van der Waals surface area contributed by atoms with E-state index in [4.69, 9.17) is 24.2 Å². The summed E-state index contributed by atoms with van der Waals surface area (Å²) in [6, 6.07) is 24.3. The first kappa shape index (κ1) is 35.2. The Bertz CT molecular complexity index is 1520. The predicted octanol–water partition coefficient (Wildman–Crippen LogP) is 4.91. The highest BCUT2D eigenvalue weighted by molar-refractivity contribution is 5.76. The smallest absolute Gasteiger partial charge is 0.243 e. The molecule has 1 spiro atoms. The van der Waals surface area contributed by atoms with Crippen molar-refractivity contribution < 1.29 is 38.9 Å². The molecule has 3 saturated heterocycles. The van der Waals surface area contributed by atoms with Gasteiger partial charge in [0.25, 0.3) is 0 Å². The Hall–Kier alpha value is -3.68. The molecule has 49 heavy (non-hydrogen) atoms. The van der Waals surface area contributed by atoms with Gasteiger partial charge in [-0.25, -0.2) is 5.48 Å². The van der Waals surface area contributed by atoms with E-state index in [0.29, 0.717) is 39.0 Å². The summed E-state index contributed by atoms with van der Waals surface area (Å²) in [6.07, 6.45) is 3.33. The summed E-state index contributed by atoms with van der Waals surface area (Å²) in [6.45, 7) is 4.33. The first-order valence-electron chi connectivity index (χ1n) is 17.3. The second-order valence-corrected chi connectivity index (χ2v) is 13.1. The van der Waals surface area contributed by atoms with Gasteiger partial charge in [0.05, 0.1) is 32.0 Å². The highest BCUT2D eigenvalue weighted by Crippen LogP contribution is 2.39. The van der Waals surface area contributed by atoms with E-state index in [1.807, 2.05) is 42.5 Å². The molecule has 0 aromatic heterocycles. The van der Waals surface area contributed by atoms with E-state index in [1.54, 1.807) is 5.48 Å². The summed E-state index contributed by atoms with van der Waals surface area (Å²) in [5.74, 6) is -0.932. The zero-order valence-electron chi connectivity index (χ0n) is 27.9. The lowest BCUT2D eigenvalue weighted by molar-refractivity contribution is -0.255. The van der Waals surface area contributed by atoms with E-state index in [-0.39, 0.29) is 31.1 Å². The normalized spacial score (nSPS) is 22.2. The van der Waals surface area contributed by atoms with E-state index in [9.17, 15) is 14.7 Å². The number of piperidine rings is 1. The van der Waals surface area contributed by atoms with Gasteiger partial charge < -0.3 is 34.3 Å². The van der Waals surface area contributed by atoms with Crippen molar-refractivity contribution in [3.05, 3.63) is 95.1 Å². The summed E-state index contributed by atoms with van der Waals surface area (Å²) < 4.78 is 25.1. The van der Waals surface area contributed by atoms with Crippen molar-refractivity contribution in [3.8, 4) is 11.1 Å². The molecule has 3 aromatic carbocycles. The number of rotatable bonds is 13. The van der Waals surface area contributed by atoms with Crippen molar-refractivity contribution in [1.82, 2.24) is 15.7 Å². The van der Waals surface area contributed by atoms with Gasteiger partial charge in [0.1, 0.15) is 0 Å². The maximum Gasteiger partial charge on any atom is 0.243 e. The Labute approximate surface area is 287 Å². The van der Waals surface area contributed by atoms with Crippen LogP contribution in [0.15, 0.2) is 72.8 Å². The molecule has 3 aliphatic heterocycles. The molecule has 262 valence electrons. The van der Waals surface area contributed by atoms with Crippen molar-refractivity contribution in [2.45, 2.75) is 82.4 Å². The molecule has 0 radical (unpaired) electrons. The van der Waals surface area contributed by atoms with Crippen LogP contribution in [0, 0.1) is 0 Å². The van der Waals surface area contributed by atoms with Crippen LogP contribution in [0.3, 0.4) is 0 Å². The number of hydrogen-bond acceptors (Lipinski definition) is 9. The number of hydrogen-bond donors (Lipinski definition) is 4. The molecule has 3 heterocycles. The molecule has 3 aliphatic rings. The van der Waals surface area contributed by atoms with Crippen molar-refractivity contribution >= 4 is 11.8 Å².